The molecule has 1 saturated carbocycles. The minimum atomic E-state index is -0.694. The number of carbonyl (C=O) groups is 1. The number of nitrogens with zero attached hydrogens (tertiary/aromatic N) is 1. The Bertz CT molecular complexity index is 636. The van der Waals surface area contributed by atoms with Gasteiger partial charge in [0.1, 0.15) is 0 Å². The molecule has 3 atom stereocenters. The van der Waals surface area contributed by atoms with Crippen molar-refractivity contribution in [3.05, 3.63) is 23.8 Å². The fourth-order valence-corrected chi connectivity index (χ4v) is 4.55. The Balaban J connectivity index is 1.99. The molecule has 2 fully saturated rings. The second-order valence-corrected chi connectivity index (χ2v) is 7.25. The van der Waals surface area contributed by atoms with Gasteiger partial charge >= 0.3 is 0 Å². The van der Waals surface area contributed by atoms with Crippen LogP contribution in [0.15, 0.2) is 18.2 Å². The van der Waals surface area contributed by atoms with Crippen LogP contribution in [-0.2, 0) is 4.79 Å². The average Bonchev–Trinajstić information content (AvgIpc) is 2.57. The van der Waals surface area contributed by atoms with Gasteiger partial charge in [0.25, 0.3) is 0 Å². The molecule has 0 unspecified atom stereocenters. The monoisotopic (exact) mass is 348 g/mol. The van der Waals surface area contributed by atoms with Crippen molar-refractivity contribution in [2.24, 2.45) is 11.7 Å². The molecule has 1 aromatic rings. The van der Waals surface area contributed by atoms with Crippen molar-refractivity contribution < 1.29 is 19.7 Å². The molecule has 0 radical (unpaired) electrons. The van der Waals surface area contributed by atoms with Crippen LogP contribution in [0.3, 0.4) is 0 Å². The first-order valence-electron chi connectivity index (χ1n) is 9.15. The number of phenolic OH excluding ortho intramolecular Hbond substituents is 1. The molecule has 0 spiro atoms. The SMILES string of the molecule is CCOc1cc([C@H]2[C@@H]3CCCC[C@]3(O)CCN2CC(N)=O)ccc1O. The Morgan fingerprint density at radius 1 is 1.40 bits per heavy atom. The third kappa shape index (κ3) is 3.60. The molecular weight excluding hydrogens is 320 g/mol. The second-order valence-electron chi connectivity index (χ2n) is 7.25. The number of hydrogen-bond acceptors (Lipinski definition) is 5. The highest BCUT2D eigenvalue weighted by Gasteiger charge is 2.49. The van der Waals surface area contributed by atoms with Gasteiger partial charge in [-0.25, -0.2) is 0 Å². The molecule has 138 valence electrons. The summed E-state index contributed by atoms with van der Waals surface area (Å²) in [6, 6.07) is 5.21. The molecule has 4 N–H and O–H groups in total. The number of ether oxygens (including phenoxy) is 1. The van der Waals surface area contributed by atoms with Gasteiger partial charge in [0, 0.05) is 18.5 Å². The van der Waals surface area contributed by atoms with Gasteiger partial charge in [0.15, 0.2) is 11.5 Å². The van der Waals surface area contributed by atoms with Crippen molar-refractivity contribution in [3.8, 4) is 11.5 Å². The fraction of sp³-hybridized carbons (Fsp3) is 0.632. The Morgan fingerprint density at radius 2 is 2.20 bits per heavy atom. The smallest absolute Gasteiger partial charge is 0.231 e. The number of aromatic hydroxyl groups is 1. The molecule has 0 aromatic heterocycles. The number of primary amides is 1. The molecule has 1 amide bonds. The van der Waals surface area contributed by atoms with E-state index in [0.29, 0.717) is 25.3 Å². The molecule has 25 heavy (non-hydrogen) atoms. The van der Waals surface area contributed by atoms with E-state index in [-0.39, 0.29) is 30.2 Å². The third-order valence-corrected chi connectivity index (χ3v) is 5.66. The van der Waals surface area contributed by atoms with E-state index in [4.69, 9.17) is 10.5 Å². The normalized spacial score (nSPS) is 29.8. The van der Waals surface area contributed by atoms with Gasteiger partial charge in [-0.1, -0.05) is 18.9 Å². The summed E-state index contributed by atoms with van der Waals surface area (Å²) in [7, 11) is 0. The summed E-state index contributed by atoms with van der Waals surface area (Å²) in [6.07, 6.45) is 4.49. The van der Waals surface area contributed by atoms with E-state index in [0.717, 1.165) is 31.2 Å². The zero-order valence-electron chi connectivity index (χ0n) is 14.8. The highest BCUT2D eigenvalue weighted by atomic mass is 16.5. The number of likely N-dealkylation sites (tertiary alicyclic amines) is 1. The van der Waals surface area contributed by atoms with Crippen LogP contribution in [0.2, 0.25) is 0 Å². The number of fused-ring (bicyclic) bond motifs is 1. The van der Waals surface area contributed by atoms with Crippen LogP contribution in [-0.4, -0.2) is 46.3 Å². The quantitative estimate of drug-likeness (QED) is 0.756. The average molecular weight is 348 g/mol. The first-order valence-corrected chi connectivity index (χ1v) is 9.15. The number of aliphatic hydroxyl groups is 1. The number of hydrogen-bond donors (Lipinski definition) is 3. The van der Waals surface area contributed by atoms with Gasteiger partial charge < -0.3 is 20.7 Å². The molecule has 6 nitrogen and oxygen atoms in total. The van der Waals surface area contributed by atoms with Crippen LogP contribution in [0.4, 0.5) is 0 Å². The topological polar surface area (TPSA) is 96.0 Å². The van der Waals surface area contributed by atoms with Crippen molar-refractivity contribution in [2.75, 3.05) is 19.7 Å². The van der Waals surface area contributed by atoms with E-state index in [2.05, 4.69) is 4.90 Å². The standard InChI is InChI=1S/C19H28N2O4/c1-2-25-16-11-13(6-7-15(16)22)18-14-5-3-4-8-19(14,24)9-10-21(18)12-17(20)23/h6-7,11,14,18,22,24H,2-5,8-10,12H2,1H3,(H2,20,23)/t14-,18-,19-/m0/s1. The summed E-state index contributed by atoms with van der Waals surface area (Å²) >= 11 is 0. The number of nitrogens with two attached hydrogens (primary N) is 1. The highest BCUT2D eigenvalue weighted by Crippen LogP contribution is 2.49. The maximum Gasteiger partial charge on any atom is 0.231 e. The molecule has 2 aliphatic rings. The summed E-state index contributed by atoms with van der Waals surface area (Å²) < 4.78 is 5.52. The molecule has 1 aromatic carbocycles. The zero-order valence-corrected chi connectivity index (χ0v) is 14.8. The fourth-order valence-electron chi connectivity index (χ4n) is 4.55. The Hall–Kier alpha value is -1.79. The predicted octanol–water partition coefficient (Wildman–Crippen LogP) is 1.94. The predicted molar refractivity (Wildman–Crippen MR) is 94.3 cm³/mol. The first kappa shape index (κ1) is 18.0. The maximum absolute atomic E-state index is 11.6. The molecule has 1 saturated heterocycles. The summed E-state index contributed by atoms with van der Waals surface area (Å²) in [5.74, 6) is 0.217. The minimum absolute atomic E-state index is 0.0494. The molecule has 1 aliphatic carbocycles. The maximum atomic E-state index is 11.6. The Kier molecular flexibility index (Phi) is 5.20. The number of rotatable bonds is 5. The molecule has 1 aliphatic heterocycles. The molecule has 0 bridgehead atoms. The molecular formula is C19H28N2O4. The number of piperidine rings is 1. The van der Waals surface area contributed by atoms with E-state index in [1.165, 1.54) is 0 Å². The van der Waals surface area contributed by atoms with E-state index < -0.39 is 5.60 Å². The minimum Gasteiger partial charge on any atom is -0.504 e. The lowest BCUT2D eigenvalue weighted by atomic mass is 9.66. The number of benzene rings is 1. The summed E-state index contributed by atoms with van der Waals surface area (Å²) in [5.41, 5.74) is 5.72. The lowest BCUT2D eigenvalue weighted by molar-refractivity contribution is -0.136. The van der Waals surface area contributed by atoms with Gasteiger partial charge in [-0.3, -0.25) is 9.69 Å². The van der Waals surface area contributed by atoms with E-state index in [9.17, 15) is 15.0 Å². The number of amides is 1. The van der Waals surface area contributed by atoms with Crippen LogP contribution in [0.5, 0.6) is 11.5 Å². The van der Waals surface area contributed by atoms with Gasteiger partial charge in [-0.15, -0.1) is 0 Å². The van der Waals surface area contributed by atoms with Gasteiger partial charge in [0.05, 0.1) is 18.8 Å². The Labute approximate surface area is 148 Å². The first-order chi connectivity index (χ1) is 11.9. The number of carbonyl (C=O) groups excluding carboxylic acids is 1. The summed E-state index contributed by atoms with van der Waals surface area (Å²) in [4.78, 5) is 13.6. The second kappa shape index (κ2) is 7.22. The van der Waals surface area contributed by atoms with Gasteiger partial charge in [-0.2, -0.15) is 0 Å². The van der Waals surface area contributed by atoms with E-state index in [1.54, 1.807) is 6.07 Å². The van der Waals surface area contributed by atoms with Crippen molar-refractivity contribution in [2.45, 2.75) is 50.7 Å². The zero-order chi connectivity index (χ0) is 18.0. The largest absolute Gasteiger partial charge is 0.504 e. The van der Waals surface area contributed by atoms with E-state index in [1.807, 2.05) is 19.1 Å². The van der Waals surface area contributed by atoms with Crippen LogP contribution in [0, 0.1) is 5.92 Å². The Morgan fingerprint density at radius 3 is 2.92 bits per heavy atom. The molecule has 1 heterocycles. The van der Waals surface area contributed by atoms with Crippen molar-refractivity contribution in [1.82, 2.24) is 4.90 Å². The van der Waals surface area contributed by atoms with Gasteiger partial charge in [-0.05, 0) is 43.9 Å². The lowest BCUT2D eigenvalue weighted by Crippen LogP contribution is -2.56. The summed E-state index contributed by atoms with van der Waals surface area (Å²) in [6.45, 7) is 3.12. The van der Waals surface area contributed by atoms with Crippen LogP contribution >= 0.6 is 0 Å². The van der Waals surface area contributed by atoms with Crippen LogP contribution in [0.1, 0.15) is 50.6 Å². The molecule has 6 heteroatoms. The van der Waals surface area contributed by atoms with Crippen molar-refractivity contribution in [1.29, 1.82) is 0 Å². The highest BCUT2D eigenvalue weighted by molar-refractivity contribution is 5.76. The number of phenols is 1. The lowest BCUT2D eigenvalue weighted by Gasteiger charge is -2.52. The van der Waals surface area contributed by atoms with Crippen molar-refractivity contribution in [3.63, 3.8) is 0 Å². The van der Waals surface area contributed by atoms with Crippen molar-refractivity contribution >= 4 is 5.91 Å². The van der Waals surface area contributed by atoms with Crippen LogP contribution in [0.25, 0.3) is 0 Å². The molecule has 3 rings (SSSR count). The van der Waals surface area contributed by atoms with E-state index >= 15 is 0 Å². The third-order valence-electron chi connectivity index (χ3n) is 5.66. The van der Waals surface area contributed by atoms with Gasteiger partial charge in [0.2, 0.25) is 5.91 Å². The van der Waals surface area contributed by atoms with Crippen LogP contribution < -0.4 is 10.5 Å². The summed E-state index contributed by atoms with van der Waals surface area (Å²) in [5, 5.41) is 21.2.